The monoisotopic (exact) mass is 232 g/mol. The molecule has 0 bridgehead atoms. The van der Waals surface area contributed by atoms with Crippen molar-refractivity contribution in [1.82, 2.24) is 0 Å². The summed E-state index contributed by atoms with van der Waals surface area (Å²) >= 11 is 0. The van der Waals surface area contributed by atoms with Crippen LogP contribution >= 0.6 is 0 Å². The molecule has 0 N–H and O–H groups in total. The maximum Gasteiger partial charge on any atom is 0.163 e. The number of Topliss-reactive ketones (excluding diaryl/α,β-unsaturated/α-hetero) is 1. The standard InChI is InChI=1S/C14H16O3/c15-13-7-6-12-11(13)4-1-5-14(12)17-10-3-2-8-16-9-10/h1,4-5,10H,2-3,6-9H2. The van der Waals surface area contributed by atoms with Gasteiger partial charge in [0.25, 0.3) is 0 Å². The fourth-order valence-electron chi connectivity index (χ4n) is 2.55. The smallest absolute Gasteiger partial charge is 0.163 e. The Bertz CT molecular complexity index is 433. The number of rotatable bonds is 2. The first-order valence-electron chi connectivity index (χ1n) is 6.24. The van der Waals surface area contributed by atoms with E-state index in [1.165, 1.54) is 0 Å². The molecule has 3 rings (SSSR count). The minimum atomic E-state index is 0.144. The van der Waals surface area contributed by atoms with Crippen molar-refractivity contribution in [2.24, 2.45) is 0 Å². The minimum absolute atomic E-state index is 0.144. The van der Waals surface area contributed by atoms with Crippen LogP contribution in [0.1, 0.15) is 35.2 Å². The third kappa shape index (κ3) is 2.07. The quantitative estimate of drug-likeness (QED) is 0.785. The van der Waals surface area contributed by atoms with Crippen LogP contribution in [0.3, 0.4) is 0 Å². The van der Waals surface area contributed by atoms with Gasteiger partial charge in [-0.3, -0.25) is 4.79 Å². The SMILES string of the molecule is O=C1CCc2c(OC3CCCOC3)cccc21. The highest BCUT2D eigenvalue weighted by Gasteiger charge is 2.24. The Balaban J connectivity index is 1.81. The zero-order valence-electron chi connectivity index (χ0n) is 9.78. The van der Waals surface area contributed by atoms with Crippen LogP contribution in [0.15, 0.2) is 18.2 Å². The van der Waals surface area contributed by atoms with Crippen LogP contribution in [0.2, 0.25) is 0 Å². The lowest BCUT2D eigenvalue weighted by Gasteiger charge is -2.24. The molecule has 17 heavy (non-hydrogen) atoms. The summed E-state index contributed by atoms with van der Waals surface area (Å²) in [5.41, 5.74) is 1.93. The summed E-state index contributed by atoms with van der Waals surface area (Å²) in [4.78, 5) is 11.6. The first-order valence-corrected chi connectivity index (χ1v) is 6.24. The topological polar surface area (TPSA) is 35.5 Å². The second-order valence-electron chi connectivity index (χ2n) is 4.66. The van der Waals surface area contributed by atoms with Crippen molar-refractivity contribution in [3.63, 3.8) is 0 Å². The van der Waals surface area contributed by atoms with Crippen molar-refractivity contribution in [2.45, 2.75) is 31.8 Å². The van der Waals surface area contributed by atoms with Crippen molar-refractivity contribution in [2.75, 3.05) is 13.2 Å². The van der Waals surface area contributed by atoms with Gasteiger partial charge in [-0.15, -0.1) is 0 Å². The molecule has 1 aromatic carbocycles. The number of benzene rings is 1. The molecule has 1 fully saturated rings. The van der Waals surface area contributed by atoms with E-state index in [9.17, 15) is 4.79 Å². The van der Waals surface area contributed by atoms with Crippen molar-refractivity contribution >= 4 is 5.78 Å². The molecule has 1 heterocycles. The highest BCUT2D eigenvalue weighted by molar-refractivity contribution is 6.01. The molecule has 1 aliphatic carbocycles. The maximum absolute atomic E-state index is 11.6. The molecule has 0 spiro atoms. The molecule has 1 saturated heterocycles. The number of ketones is 1. The fourth-order valence-corrected chi connectivity index (χ4v) is 2.55. The number of hydrogen-bond acceptors (Lipinski definition) is 3. The number of carbonyl (C=O) groups excluding carboxylic acids is 1. The summed E-state index contributed by atoms with van der Waals surface area (Å²) in [7, 11) is 0. The Morgan fingerprint density at radius 2 is 2.24 bits per heavy atom. The van der Waals surface area contributed by atoms with Crippen molar-refractivity contribution in [1.29, 1.82) is 0 Å². The van der Waals surface area contributed by atoms with Gasteiger partial charge in [-0.05, 0) is 25.3 Å². The zero-order valence-corrected chi connectivity index (χ0v) is 9.78. The summed E-state index contributed by atoms with van der Waals surface area (Å²) in [6, 6.07) is 5.77. The van der Waals surface area contributed by atoms with Gasteiger partial charge in [0, 0.05) is 24.2 Å². The van der Waals surface area contributed by atoms with Crippen molar-refractivity contribution in [3.05, 3.63) is 29.3 Å². The second kappa shape index (κ2) is 4.49. The Morgan fingerprint density at radius 3 is 3.06 bits per heavy atom. The predicted octanol–water partition coefficient (Wildman–Crippen LogP) is 2.37. The summed E-state index contributed by atoms with van der Waals surface area (Å²) in [5.74, 6) is 1.12. The van der Waals surface area contributed by atoms with Crippen LogP contribution < -0.4 is 4.74 Å². The Hall–Kier alpha value is -1.35. The van der Waals surface area contributed by atoms with Gasteiger partial charge < -0.3 is 9.47 Å². The summed E-state index contributed by atoms with van der Waals surface area (Å²) < 4.78 is 11.4. The van der Waals surface area contributed by atoms with Crippen LogP contribution in [0.25, 0.3) is 0 Å². The zero-order chi connectivity index (χ0) is 11.7. The molecule has 0 saturated carbocycles. The molecule has 1 unspecified atom stereocenters. The van der Waals surface area contributed by atoms with Gasteiger partial charge in [0.1, 0.15) is 11.9 Å². The Labute approximate surface area is 101 Å². The van der Waals surface area contributed by atoms with E-state index < -0.39 is 0 Å². The molecular weight excluding hydrogens is 216 g/mol. The lowest BCUT2D eigenvalue weighted by molar-refractivity contribution is 0.00708. The van der Waals surface area contributed by atoms with E-state index in [1.54, 1.807) is 0 Å². The van der Waals surface area contributed by atoms with Gasteiger partial charge in [-0.1, -0.05) is 12.1 Å². The molecule has 3 heteroatoms. The van der Waals surface area contributed by atoms with Gasteiger partial charge >= 0.3 is 0 Å². The van der Waals surface area contributed by atoms with E-state index in [1.807, 2.05) is 18.2 Å². The van der Waals surface area contributed by atoms with E-state index in [2.05, 4.69) is 0 Å². The fraction of sp³-hybridized carbons (Fsp3) is 0.500. The third-order valence-electron chi connectivity index (χ3n) is 3.45. The molecule has 0 amide bonds. The van der Waals surface area contributed by atoms with Crippen molar-refractivity contribution < 1.29 is 14.3 Å². The van der Waals surface area contributed by atoms with E-state index in [0.29, 0.717) is 13.0 Å². The van der Waals surface area contributed by atoms with E-state index in [0.717, 1.165) is 42.7 Å². The highest BCUT2D eigenvalue weighted by atomic mass is 16.5. The summed E-state index contributed by atoms with van der Waals surface area (Å²) in [6.07, 6.45) is 3.68. The molecule has 90 valence electrons. The van der Waals surface area contributed by atoms with Crippen molar-refractivity contribution in [3.8, 4) is 5.75 Å². The van der Waals surface area contributed by atoms with E-state index in [4.69, 9.17) is 9.47 Å². The van der Waals surface area contributed by atoms with Gasteiger partial charge in [0.2, 0.25) is 0 Å². The molecule has 0 aromatic heterocycles. The van der Waals surface area contributed by atoms with Crippen LogP contribution in [-0.2, 0) is 11.2 Å². The Morgan fingerprint density at radius 1 is 1.29 bits per heavy atom. The highest BCUT2D eigenvalue weighted by Crippen LogP contribution is 2.31. The third-order valence-corrected chi connectivity index (χ3v) is 3.45. The average molecular weight is 232 g/mol. The lowest BCUT2D eigenvalue weighted by Crippen LogP contribution is -2.28. The molecule has 1 aromatic rings. The number of ether oxygens (including phenoxy) is 2. The first kappa shape index (κ1) is 10.8. The molecule has 1 atom stereocenters. The average Bonchev–Trinajstić information content (AvgIpc) is 2.74. The minimum Gasteiger partial charge on any atom is -0.488 e. The van der Waals surface area contributed by atoms with Gasteiger partial charge in [0.05, 0.1) is 6.61 Å². The maximum atomic E-state index is 11.6. The molecule has 1 aliphatic heterocycles. The summed E-state index contributed by atoms with van der Waals surface area (Å²) in [6.45, 7) is 1.50. The molecule has 2 aliphatic rings. The van der Waals surface area contributed by atoms with Crippen LogP contribution in [0.5, 0.6) is 5.75 Å². The van der Waals surface area contributed by atoms with E-state index in [-0.39, 0.29) is 11.9 Å². The van der Waals surface area contributed by atoms with Crippen LogP contribution in [0.4, 0.5) is 0 Å². The van der Waals surface area contributed by atoms with Gasteiger partial charge in [-0.2, -0.15) is 0 Å². The predicted molar refractivity (Wildman–Crippen MR) is 63.6 cm³/mol. The van der Waals surface area contributed by atoms with Crippen LogP contribution in [-0.4, -0.2) is 25.1 Å². The molecule has 0 radical (unpaired) electrons. The normalized spacial score (nSPS) is 23.5. The Kier molecular flexibility index (Phi) is 2.85. The van der Waals surface area contributed by atoms with Gasteiger partial charge in [0.15, 0.2) is 5.78 Å². The number of fused-ring (bicyclic) bond motifs is 1. The first-order chi connectivity index (χ1) is 8.34. The second-order valence-corrected chi connectivity index (χ2v) is 4.66. The molecule has 3 nitrogen and oxygen atoms in total. The molecular formula is C14H16O3. The van der Waals surface area contributed by atoms with Gasteiger partial charge in [-0.25, -0.2) is 0 Å². The number of hydrogen-bond donors (Lipinski definition) is 0. The lowest BCUT2D eigenvalue weighted by atomic mass is 10.1. The largest absolute Gasteiger partial charge is 0.488 e. The summed E-state index contributed by atoms with van der Waals surface area (Å²) in [5, 5.41) is 0. The van der Waals surface area contributed by atoms with E-state index >= 15 is 0 Å². The number of carbonyl (C=O) groups is 1. The van der Waals surface area contributed by atoms with Crippen LogP contribution in [0, 0.1) is 0 Å².